The quantitative estimate of drug-likeness (QED) is 0.355. The second-order valence-corrected chi connectivity index (χ2v) is 6.98. The third-order valence-electron chi connectivity index (χ3n) is 4.25. The number of piperazine rings is 1. The van der Waals surface area contributed by atoms with Gasteiger partial charge in [-0.3, -0.25) is 19.4 Å². The van der Waals surface area contributed by atoms with Gasteiger partial charge in [0, 0.05) is 26.2 Å². The Morgan fingerprint density at radius 3 is 1.59 bits per heavy atom. The molecule has 0 saturated carbocycles. The highest BCUT2D eigenvalue weighted by atomic mass is 32.3. The van der Waals surface area contributed by atoms with Crippen molar-refractivity contribution in [1.82, 2.24) is 9.80 Å². The maximum absolute atomic E-state index is 8.74. The van der Waals surface area contributed by atoms with Crippen LogP contribution in [-0.2, 0) is 10.4 Å². The van der Waals surface area contributed by atoms with Crippen LogP contribution in [0.5, 0.6) is 0 Å². The van der Waals surface area contributed by atoms with Crippen molar-refractivity contribution in [2.75, 3.05) is 26.2 Å². The van der Waals surface area contributed by atoms with Crippen molar-refractivity contribution in [2.45, 2.75) is 6.04 Å². The first-order valence-corrected chi connectivity index (χ1v) is 9.78. The van der Waals surface area contributed by atoms with Crippen molar-refractivity contribution >= 4 is 16.4 Å². The molecule has 1 fully saturated rings. The zero-order chi connectivity index (χ0) is 19.9. The van der Waals surface area contributed by atoms with Gasteiger partial charge in [-0.25, -0.2) is 0 Å². The highest BCUT2D eigenvalue weighted by molar-refractivity contribution is 7.79. The minimum Gasteiger partial charge on any atom is -0.370 e. The first-order chi connectivity index (χ1) is 12.8. The van der Waals surface area contributed by atoms with Crippen molar-refractivity contribution in [3.63, 3.8) is 0 Å². The molecule has 2 aromatic rings. The first-order valence-electron chi connectivity index (χ1n) is 8.38. The van der Waals surface area contributed by atoms with Gasteiger partial charge in [0.05, 0.1) is 6.04 Å². The highest BCUT2D eigenvalue weighted by Crippen LogP contribution is 2.29. The van der Waals surface area contributed by atoms with Crippen LogP contribution < -0.4 is 5.73 Å². The predicted octanol–water partition coefficient (Wildman–Crippen LogP) is 1.63. The van der Waals surface area contributed by atoms with E-state index >= 15 is 0 Å². The molecule has 0 unspecified atom stereocenters. The number of benzene rings is 2. The summed E-state index contributed by atoms with van der Waals surface area (Å²) in [7, 11) is -4.67. The van der Waals surface area contributed by atoms with Crippen molar-refractivity contribution in [3.05, 3.63) is 71.8 Å². The number of hydrogen-bond acceptors (Lipinski definition) is 4. The van der Waals surface area contributed by atoms with Gasteiger partial charge >= 0.3 is 10.4 Å². The lowest BCUT2D eigenvalue weighted by Gasteiger charge is -2.39. The molecular formula is C18H24N4O4S. The van der Waals surface area contributed by atoms with Crippen molar-refractivity contribution in [3.8, 4) is 0 Å². The first kappa shape index (κ1) is 20.8. The minimum absolute atomic E-state index is 0.177. The molecule has 0 amide bonds. The molecule has 5 N–H and O–H groups in total. The summed E-state index contributed by atoms with van der Waals surface area (Å²) < 4.78 is 31.6. The lowest BCUT2D eigenvalue weighted by atomic mass is 9.96. The Morgan fingerprint density at radius 1 is 0.889 bits per heavy atom. The predicted molar refractivity (Wildman–Crippen MR) is 104 cm³/mol. The molecule has 8 nitrogen and oxygen atoms in total. The van der Waals surface area contributed by atoms with E-state index in [1.807, 2.05) is 4.90 Å². The third-order valence-corrected chi connectivity index (χ3v) is 4.25. The highest BCUT2D eigenvalue weighted by Gasteiger charge is 2.26. The normalized spacial score (nSPS) is 15.1. The second-order valence-electron chi connectivity index (χ2n) is 6.08. The van der Waals surface area contributed by atoms with Gasteiger partial charge in [-0.1, -0.05) is 60.7 Å². The molecule has 0 radical (unpaired) electrons. The zero-order valence-corrected chi connectivity index (χ0v) is 15.6. The van der Waals surface area contributed by atoms with E-state index in [1.165, 1.54) is 11.1 Å². The fraction of sp³-hybridized carbons (Fsp3) is 0.278. The number of nitrogens with two attached hydrogens (primary N) is 1. The number of nitrogens with one attached hydrogen (secondary N) is 1. The SMILES string of the molecule is N=C(N)N1CCN(C(c2ccccc2)c2ccccc2)CC1.O=S(=O)(O)O. The van der Waals surface area contributed by atoms with E-state index in [-0.39, 0.29) is 12.0 Å². The molecule has 2 aromatic carbocycles. The number of rotatable bonds is 3. The minimum atomic E-state index is -4.67. The molecule has 0 spiro atoms. The summed E-state index contributed by atoms with van der Waals surface area (Å²) in [4.78, 5) is 4.41. The molecule has 0 atom stereocenters. The van der Waals surface area contributed by atoms with Crippen LogP contribution in [0.3, 0.4) is 0 Å². The van der Waals surface area contributed by atoms with E-state index in [2.05, 4.69) is 65.6 Å². The summed E-state index contributed by atoms with van der Waals surface area (Å²) in [6.45, 7) is 3.44. The molecule has 3 rings (SSSR count). The largest absolute Gasteiger partial charge is 0.394 e. The summed E-state index contributed by atoms with van der Waals surface area (Å²) in [6.07, 6.45) is 0. The van der Waals surface area contributed by atoms with E-state index in [0.29, 0.717) is 0 Å². The Balaban J connectivity index is 0.000000465. The second kappa shape index (κ2) is 9.47. The van der Waals surface area contributed by atoms with E-state index < -0.39 is 10.4 Å². The fourth-order valence-corrected chi connectivity index (χ4v) is 3.11. The molecular weight excluding hydrogens is 368 g/mol. The van der Waals surface area contributed by atoms with E-state index in [4.69, 9.17) is 28.7 Å². The van der Waals surface area contributed by atoms with Crippen molar-refractivity contribution in [2.24, 2.45) is 5.73 Å². The Kier molecular flexibility index (Phi) is 7.31. The van der Waals surface area contributed by atoms with Gasteiger partial charge in [0.1, 0.15) is 0 Å². The molecule has 146 valence electrons. The fourth-order valence-electron chi connectivity index (χ4n) is 3.11. The summed E-state index contributed by atoms with van der Waals surface area (Å²) >= 11 is 0. The number of nitrogens with zero attached hydrogens (tertiary/aromatic N) is 2. The number of guanidine groups is 1. The molecule has 0 aliphatic carbocycles. The Hall–Kier alpha value is -2.46. The molecule has 0 aromatic heterocycles. The number of hydrogen-bond donors (Lipinski definition) is 4. The average molecular weight is 392 g/mol. The van der Waals surface area contributed by atoms with E-state index in [9.17, 15) is 0 Å². The maximum atomic E-state index is 8.74. The van der Waals surface area contributed by atoms with Crippen LogP contribution in [0.2, 0.25) is 0 Å². The van der Waals surface area contributed by atoms with Crippen LogP contribution in [0.4, 0.5) is 0 Å². The van der Waals surface area contributed by atoms with Gasteiger partial charge in [-0.05, 0) is 11.1 Å². The average Bonchev–Trinajstić information content (AvgIpc) is 2.63. The standard InChI is InChI=1S/C18H22N4.H2O4S/c19-18(20)22-13-11-21(12-14-22)17(15-7-3-1-4-8-15)16-9-5-2-6-10-16;1-5(2,3)4/h1-10,17H,11-14H2,(H3,19,20);(H2,1,2,3,4). The molecule has 1 aliphatic heterocycles. The van der Waals surface area contributed by atoms with Gasteiger partial charge in [0.25, 0.3) is 0 Å². The third kappa shape index (κ3) is 6.99. The topological polar surface area (TPSA) is 131 Å². The van der Waals surface area contributed by atoms with Crippen LogP contribution >= 0.6 is 0 Å². The van der Waals surface area contributed by atoms with Gasteiger partial charge in [-0.2, -0.15) is 8.42 Å². The van der Waals surface area contributed by atoms with Gasteiger partial charge < -0.3 is 10.6 Å². The van der Waals surface area contributed by atoms with Crippen LogP contribution in [0.25, 0.3) is 0 Å². The van der Waals surface area contributed by atoms with Crippen molar-refractivity contribution < 1.29 is 17.5 Å². The van der Waals surface area contributed by atoms with Gasteiger partial charge in [0.2, 0.25) is 0 Å². The molecule has 1 saturated heterocycles. The lowest BCUT2D eigenvalue weighted by Crippen LogP contribution is -2.51. The Labute approximate surface area is 159 Å². The van der Waals surface area contributed by atoms with Crippen LogP contribution in [0, 0.1) is 5.41 Å². The van der Waals surface area contributed by atoms with E-state index in [1.54, 1.807) is 0 Å². The Bertz CT molecular complexity index is 775. The summed E-state index contributed by atoms with van der Waals surface area (Å²) in [5.41, 5.74) is 8.22. The molecule has 1 aliphatic rings. The monoisotopic (exact) mass is 392 g/mol. The lowest BCUT2D eigenvalue weighted by molar-refractivity contribution is 0.149. The summed E-state index contributed by atoms with van der Waals surface area (Å²) in [6, 6.07) is 21.5. The smallest absolute Gasteiger partial charge is 0.370 e. The molecule has 0 bridgehead atoms. The zero-order valence-electron chi connectivity index (χ0n) is 14.8. The maximum Gasteiger partial charge on any atom is 0.394 e. The molecule has 9 heteroatoms. The van der Waals surface area contributed by atoms with Crippen LogP contribution in [0.1, 0.15) is 17.2 Å². The molecule has 27 heavy (non-hydrogen) atoms. The Morgan fingerprint density at radius 2 is 1.26 bits per heavy atom. The van der Waals surface area contributed by atoms with Gasteiger partial charge in [-0.15, -0.1) is 0 Å². The van der Waals surface area contributed by atoms with E-state index in [0.717, 1.165) is 26.2 Å². The summed E-state index contributed by atoms with van der Waals surface area (Å²) in [5, 5.41) is 7.58. The summed E-state index contributed by atoms with van der Waals surface area (Å²) in [5.74, 6) is 0.177. The van der Waals surface area contributed by atoms with Crippen LogP contribution in [-0.4, -0.2) is 59.5 Å². The van der Waals surface area contributed by atoms with Crippen molar-refractivity contribution in [1.29, 1.82) is 5.41 Å². The molecule has 1 heterocycles. The van der Waals surface area contributed by atoms with Crippen LogP contribution in [0.15, 0.2) is 60.7 Å². The van der Waals surface area contributed by atoms with Gasteiger partial charge in [0.15, 0.2) is 5.96 Å².